The number of amides is 1. The number of aromatic nitrogens is 2. The molecule has 2 aromatic rings. The maximum Gasteiger partial charge on any atom is 0.270 e. The number of hydrogen-bond acceptors (Lipinski definition) is 3. The van der Waals surface area contributed by atoms with Gasteiger partial charge in [-0.15, -0.1) is 0 Å². The molecule has 98 valence electrons. The summed E-state index contributed by atoms with van der Waals surface area (Å²) in [7, 11) is 0. The van der Waals surface area contributed by atoms with E-state index in [1.165, 1.54) is 5.56 Å². The summed E-state index contributed by atoms with van der Waals surface area (Å²) in [6, 6.07) is 11.6. The van der Waals surface area contributed by atoms with Gasteiger partial charge in [0.1, 0.15) is 5.69 Å². The number of carbonyl (C=O) groups excluding carboxylic acids is 1. The lowest BCUT2D eigenvalue weighted by Gasteiger charge is -2.05. The first-order valence-corrected chi connectivity index (χ1v) is 6.36. The van der Waals surface area contributed by atoms with Crippen molar-refractivity contribution < 1.29 is 4.79 Å². The number of hydrogen-bond donors (Lipinski definition) is 1. The molecule has 4 nitrogen and oxygen atoms in total. The average molecular weight is 276 g/mol. The highest BCUT2D eigenvalue weighted by atomic mass is 35.5. The highest BCUT2D eigenvalue weighted by molar-refractivity contribution is 6.28. The Kier molecular flexibility index (Phi) is 4.47. The lowest BCUT2D eigenvalue weighted by atomic mass is 10.1. The van der Waals surface area contributed by atoms with Crippen LogP contribution in [0.3, 0.4) is 0 Å². The second kappa shape index (κ2) is 6.29. The summed E-state index contributed by atoms with van der Waals surface area (Å²) in [5, 5.41) is 2.90. The van der Waals surface area contributed by atoms with Gasteiger partial charge in [-0.2, -0.15) is 0 Å². The molecule has 19 heavy (non-hydrogen) atoms. The van der Waals surface area contributed by atoms with Crippen molar-refractivity contribution in [2.24, 2.45) is 0 Å². The van der Waals surface area contributed by atoms with Gasteiger partial charge in [-0.1, -0.05) is 30.3 Å². The van der Waals surface area contributed by atoms with Crippen molar-refractivity contribution in [2.45, 2.75) is 13.3 Å². The highest BCUT2D eigenvalue weighted by Gasteiger charge is 2.09. The van der Waals surface area contributed by atoms with Gasteiger partial charge < -0.3 is 5.32 Å². The molecule has 1 aromatic carbocycles. The van der Waals surface area contributed by atoms with Gasteiger partial charge in [0.2, 0.25) is 5.28 Å². The summed E-state index contributed by atoms with van der Waals surface area (Å²) in [5.74, 6) is -0.233. The van der Waals surface area contributed by atoms with E-state index in [0.29, 0.717) is 17.9 Å². The van der Waals surface area contributed by atoms with E-state index in [2.05, 4.69) is 15.3 Å². The first kappa shape index (κ1) is 13.5. The summed E-state index contributed by atoms with van der Waals surface area (Å²) in [5.41, 5.74) is 2.15. The number of carbonyl (C=O) groups is 1. The maximum atomic E-state index is 11.9. The molecule has 2 rings (SSSR count). The van der Waals surface area contributed by atoms with Crippen LogP contribution < -0.4 is 5.32 Å². The minimum absolute atomic E-state index is 0.0909. The highest BCUT2D eigenvalue weighted by Crippen LogP contribution is 2.05. The predicted molar refractivity (Wildman–Crippen MR) is 74.3 cm³/mol. The van der Waals surface area contributed by atoms with Crippen LogP contribution in [0.2, 0.25) is 5.28 Å². The molecule has 0 saturated heterocycles. The van der Waals surface area contributed by atoms with Crippen LogP contribution in [-0.2, 0) is 6.42 Å². The predicted octanol–water partition coefficient (Wildman–Crippen LogP) is 2.41. The Hall–Kier alpha value is -1.94. The van der Waals surface area contributed by atoms with E-state index >= 15 is 0 Å². The molecule has 1 aromatic heterocycles. The van der Waals surface area contributed by atoms with E-state index in [1.54, 1.807) is 13.0 Å². The topological polar surface area (TPSA) is 54.9 Å². The molecule has 5 heteroatoms. The lowest BCUT2D eigenvalue weighted by molar-refractivity contribution is 0.0949. The number of aryl methyl sites for hydroxylation is 1. The molecule has 0 aliphatic carbocycles. The lowest BCUT2D eigenvalue weighted by Crippen LogP contribution is -2.26. The molecule has 0 aliphatic rings. The maximum absolute atomic E-state index is 11.9. The second-order valence-electron chi connectivity index (χ2n) is 4.16. The molecule has 1 amide bonds. The third kappa shape index (κ3) is 4.03. The Balaban J connectivity index is 1.91. The molecule has 0 bridgehead atoms. The van der Waals surface area contributed by atoms with E-state index in [1.807, 2.05) is 30.3 Å². The number of nitrogens with zero attached hydrogens (tertiary/aromatic N) is 2. The Morgan fingerprint density at radius 1 is 1.26 bits per heavy atom. The molecular formula is C14H14ClN3O. The standard InChI is InChI=1S/C14H14ClN3O/c1-10-9-12(18-14(15)17-10)13(19)16-8-7-11-5-3-2-4-6-11/h2-6,9H,7-8H2,1H3,(H,16,19). The third-order valence-electron chi connectivity index (χ3n) is 2.60. The molecule has 0 fully saturated rings. The second-order valence-corrected chi connectivity index (χ2v) is 4.49. The van der Waals surface area contributed by atoms with Gasteiger partial charge in [0.05, 0.1) is 0 Å². The van der Waals surface area contributed by atoms with Crippen LogP contribution in [-0.4, -0.2) is 22.4 Å². The summed E-state index contributed by atoms with van der Waals surface area (Å²) < 4.78 is 0. The summed E-state index contributed by atoms with van der Waals surface area (Å²) in [4.78, 5) is 19.7. The van der Waals surface area contributed by atoms with E-state index in [0.717, 1.165) is 6.42 Å². The first-order valence-electron chi connectivity index (χ1n) is 5.98. The van der Waals surface area contributed by atoms with Crippen LogP contribution in [0.1, 0.15) is 21.7 Å². The smallest absolute Gasteiger partial charge is 0.270 e. The molecule has 0 radical (unpaired) electrons. The molecule has 0 saturated carbocycles. The summed E-state index contributed by atoms with van der Waals surface area (Å²) in [6.07, 6.45) is 0.782. The fourth-order valence-corrected chi connectivity index (χ4v) is 1.93. The van der Waals surface area contributed by atoms with Gasteiger partial charge in [-0.25, -0.2) is 9.97 Å². The van der Waals surface area contributed by atoms with Crippen molar-refractivity contribution >= 4 is 17.5 Å². The number of rotatable bonds is 4. The van der Waals surface area contributed by atoms with Crippen LogP contribution in [0.25, 0.3) is 0 Å². The minimum Gasteiger partial charge on any atom is -0.350 e. The largest absolute Gasteiger partial charge is 0.350 e. The van der Waals surface area contributed by atoms with Crippen LogP contribution in [0.4, 0.5) is 0 Å². The van der Waals surface area contributed by atoms with Crippen LogP contribution in [0.15, 0.2) is 36.4 Å². The van der Waals surface area contributed by atoms with Gasteiger partial charge in [0.25, 0.3) is 5.91 Å². The minimum atomic E-state index is -0.233. The quantitative estimate of drug-likeness (QED) is 0.872. The Labute approximate surface area is 116 Å². The molecule has 0 aliphatic heterocycles. The monoisotopic (exact) mass is 275 g/mol. The normalized spacial score (nSPS) is 10.2. The van der Waals surface area contributed by atoms with E-state index in [4.69, 9.17) is 11.6 Å². The zero-order valence-electron chi connectivity index (χ0n) is 10.6. The molecule has 0 atom stereocenters. The molecule has 0 unspecified atom stereocenters. The van der Waals surface area contributed by atoms with Gasteiger partial charge in [-0.3, -0.25) is 4.79 Å². The first-order chi connectivity index (χ1) is 9.15. The van der Waals surface area contributed by atoms with Gasteiger partial charge in [-0.05, 0) is 36.6 Å². The van der Waals surface area contributed by atoms with Crippen molar-refractivity contribution in [3.05, 3.63) is 58.6 Å². The molecule has 1 N–H and O–H groups in total. The zero-order valence-corrected chi connectivity index (χ0v) is 11.3. The number of benzene rings is 1. The van der Waals surface area contributed by atoms with Crippen LogP contribution in [0, 0.1) is 6.92 Å². The van der Waals surface area contributed by atoms with Crippen LogP contribution >= 0.6 is 11.6 Å². The third-order valence-corrected chi connectivity index (χ3v) is 2.77. The summed E-state index contributed by atoms with van der Waals surface area (Å²) in [6.45, 7) is 2.33. The molecule has 1 heterocycles. The Morgan fingerprint density at radius 2 is 2.00 bits per heavy atom. The Morgan fingerprint density at radius 3 is 2.68 bits per heavy atom. The molecular weight excluding hydrogens is 262 g/mol. The van der Waals surface area contributed by atoms with E-state index in [9.17, 15) is 4.79 Å². The van der Waals surface area contributed by atoms with Crippen molar-refractivity contribution in [3.8, 4) is 0 Å². The van der Waals surface area contributed by atoms with E-state index in [-0.39, 0.29) is 11.2 Å². The van der Waals surface area contributed by atoms with Gasteiger partial charge in [0.15, 0.2) is 0 Å². The number of halogens is 1. The van der Waals surface area contributed by atoms with Crippen molar-refractivity contribution in [1.82, 2.24) is 15.3 Å². The Bertz CT molecular complexity index is 552. The summed E-state index contributed by atoms with van der Waals surface area (Å²) >= 11 is 5.72. The van der Waals surface area contributed by atoms with Crippen molar-refractivity contribution in [1.29, 1.82) is 0 Å². The van der Waals surface area contributed by atoms with Crippen molar-refractivity contribution in [2.75, 3.05) is 6.54 Å². The van der Waals surface area contributed by atoms with Crippen molar-refractivity contribution in [3.63, 3.8) is 0 Å². The van der Waals surface area contributed by atoms with E-state index < -0.39 is 0 Å². The zero-order chi connectivity index (χ0) is 13.7. The van der Waals surface area contributed by atoms with Gasteiger partial charge in [0, 0.05) is 12.2 Å². The molecule has 0 spiro atoms. The fraction of sp³-hybridized carbons (Fsp3) is 0.214. The fourth-order valence-electron chi connectivity index (χ4n) is 1.70. The van der Waals surface area contributed by atoms with Gasteiger partial charge >= 0.3 is 0 Å². The number of nitrogens with one attached hydrogen (secondary N) is 1. The average Bonchev–Trinajstić information content (AvgIpc) is 2.38. The SMILES string of the molecule is Cc1cc(C(=O)NCCc2ccccc2)nc(Cl)n1. The van der Waals surface area contributed by atoms with Crippen LogP contribution in [0.5, 0.6) is 0 Å².